The first-order valence-electron chi connectivity index (χ1n) is 7.47. The third kappa shape index (κ3) is 3.56. The monoisotopic (exact) mass is 283 g/mol. The number of hydrogen-bond acceptors (Lipinski definition) is 3. The Morgan fingerprint density at radius 1 is 1.10 bits per heavy atom. The Bertz CT molecular complexity index is 580. The van der Waals surface area contributed by atoms with Crippen molar-refractivity contribution in [1.82, 2.24) is 0 Å². The summed E-state index contributed by atoms with van der Waals surface area (Å²) in [6, 6.07) is 16.6. The van der Waals surface area contributed by atoms with Crippen LogP contribution in [0.15, 0.2) is 48.5 Å². The van der Waals surface area contributed by atoms with E-state index in [4.69, 9.17) is 15.2 Å². The summed E-state index contributed by atoms with van der Waals surface area (Å²) < 4.78 is 11.3. The van der Waals surface area contributed by atoms with E-state index in [2.05, 4.69) is 30.3 Å². The van der Waals surface area contributed by atoms with E-state index >= 15 is 0 Å². The molecule has 0 bridgehead atoms. The average molecular weight is 283 g/mol. The molecule has 2 aromatic carbocycles. The highest BCUT2D eigenvalue weighted by Gasteiger charge is 2.19. The maximum absolute atomic E-state index is 5.85. The second-order valence-corrected chi connectivity index (χ2v) is 5.47. The lowest BCUT2D eigenvalue weighted by atomic mass is 9.91. The standard InChI is InChI=1S/C18H21NO2/c19-9-10-20-17-7-5-14(6-8-17)11-15-12-16-3-1-2-4-18(16)21-13-15/h1-8,15H,9-13,19H2. The third-order valence-electron chi connectivity index (χ3n) is 3.79. The molecule has 1 atom stereocenters. The first kappa shape index (κ1) is 14.0. The van der Waals surface area contributed by atoms with Crippen LogP contribution in [-0.4, -0.2) is 19.8 Å². The first-order chi connectivity index (χ1) is 10.3. The molecule has 0 aliphatic carbocycles. The second-order valence-electron chi connectivity index (χ2n) is 5.47. The van der Waals surface area contributed by atoms with Gasteiger partial charge in [0.15, 0.2) is 0 Å². The van der Waals surface area contributed by atoms with Crippen LogP contribution in [0, 0.1) is 5.92 Å². The van der Waals surface area contributed by atoms with E-state index in [1.165, 1.54) is 11.1 Å². The summed E-state index contributed by atoms with van der Waals surface area (Å²) in [5.41, 5.74) is 8.07. The van der Waals surface area contributed by atoms with Gasteiger partial charge in [-0.3, -0.25) is 0 Å². The van der Waals surface area contributed by atoms with Crippen LogP contribution in [-0.2, 0) is 12.8 Å². The van der Waals surface area contributed by atoms with Gasteiger partial charge in [-0.05, 0) is 42.2 Å². The Balaban J connectivity index is 1.60. The van der Waals surface area contributed by atoms with Gasteiger partial charge in [-0.15, -0.1) is 0 Å². The average Bonchev–Trinajstić information content (AvgIpc) is 2.54. The normalized spacial score (nSPS) is 16.9. The van der Waals surface area contributed by atoms with Crippen molar-refractivity contribution in [1.29, 1.82) is 0 Å². The number of para-hydroxylation sites is 1. The summed E-state index contributed by atoms with van der Waals surface area (Å²) in [7, 11) is 0. The molecule has 3 nitrogen and oxygen atoms in total. The number of rotatable bonds is 5. The van der Waals surface area contributed by atoms with Crippen LogP contribution in [0.1, 0.15) is 11.1 Å². The van der Waals surface area contributed by atoms with Gasteiger partial charge >= 0.3 is 0 Å². The smallest absolute Gasteiger partial charge is 0.122 e. The predicted molar refractivity (Wildman–Crippen MR) is 83.8 cm³/mol. The summed E-state index contributed by atoms with van der Waals surface area (Å²) in [6.07, 6.45) is 2.12. The van der Waals surface area contributed by atoms with Crippen molar-refractivity contribution < 1.29 is 9.47 Å². The molecular formula is C18H21NO2. The maximum atomic E-state index is 5.85. The number of ether oxygens (including phenoxy) is 2. The van der Waals surface area contributed by atoms with E-state index in [1.54, 1.807) is 0 Å². The summed E-state index contributed by atoms with van der Waals surface area (Å²) in [5, 5.41) is 0. The minimum Gasteiger partial charge on any atom is -0.493 e. The van der Waals surface area contributed by atoms with E-state index in [0.29, 0.717) is 19.1 Å². The molecule has 1 heterocycles. The molecule has 3 heteroatoms. The summed E-state index contributed by atoms with van der Waals surface area (Å²) in [6.45, 7) is 1.90. The molecule has 0 amide bonds. The first-order valence-corrected chi connectivity index (χ1v) is 7.47. The summed E-state index contributed by atoms with van der Waals surface area (Å²) >= 11 is 0. The van der Waals surface area contributed by atoms with E-state index in [9.17, 15) is 0 Å². The van der Waals surface area contributed by atoms with Crippen molar-refractivity contribution in [2.24, 2.45) is 11.7 Å². The van der Waals surface area contributed by atoms with Crippen molar-refractivity contribution >= 4 is 0 Å². The molecule has 2 aromatic rings. The number of hydrogen-bond donors (Lipinski definition) is 1. The Morgan fingerprint density at radius 2 is 1.90 bits per heavy atom. The van der Waals surface area contributed by atoms with Gasteiger partial charge < -0.3 is 15.2 Å². The highest BCUT2D eigenvalue weighted by atomic mass is 16.5. The van der Waals surface area contributed by atoms with Crippen LogP contribution in [0.2, 0.25) is 0 Å². The minimum atomic E-state index is 0.538. The highest BCUT2D eigenvalue weighted by molar-refractivity contribution is 5.35. The van der Waals surface area contributed by atoms with Crippen LogP contribution in [0.5, 0.6) is 11.5 Å². The van der Waals surface area contributed by atoms with Crippen molar-refractivity contribution in [3.8, 4) is 11.5 Å². The molecule has 110 valence electrons. The van der Waals surface area contributed by atoms with Crippen LogP contribution < -0.4 is 15.2 Å². The third-order valence-corrected chi connectivity index (χ3v) is 3.79. The molecule has 0 fully saturated rings. The molecule has 0 saturated heterocycles. The van der Waals surface area contributed by atoms with Gasteiger partial charge in [0.25, 0.3) is 0 Å². The van der Waals surface area contributed by atoms with E-state index in [1.807, 2.05) is 18.2 Å². The zero-order chi connectivity index (χ0) is 14.5. The zero-order valence-corrected chi connectivity index (χ0v) is 12.1. The van der Waals surface area contributed by atoms with Crippen LogP contribution in [0.3, 0.4) is 0 Å². The topological polar surface area (TPSA) is 44.5 Å². The van der Waals surface area contributed by atoms with E-state index in [-0.39, 0.29) is 0 Å². The molecule has 3 rings (SSSR count). The second kappa shape index (κ2) is 6.64. The summed E-state index contributed by atoms with van der Waals surface area (Å²) in [4.78, 5) is 0. The lowest BCUT2D eigenvalue weighted by molar-refractivity contribution is 0.221. The Labute approximate surface area is 125 Å². The fourth-order valence-corrected chi connectivity index (χ4v) is 2.75. The SMILES string of the molecule is NCCOc1ccc(CC2COc3ccccc3C2)cc1. The Hall–Kier alpha value is -2.00. The Kier molecular flexibility index (Phi) is 4.41. The number of nitrogens with two attached hydrogens (primary N) is 1. The molecule has 1 aliphatic rings. The van der Waals surface area contributed by atoms with Gasteiger partial charge in [0.05, 0.1) is 6.61 Å². The van der Waals surface area contributed by atoms with Crippen molar-refractivity contribution in [2.45, 2.75) is 12.8 Å². The largest absolute Gasteiger partial charge is 0.493 e. The quantitative estimate of drug-likeness (QED) is 0.917. The van der Waals surface area contributed by atoms with E-state index in [0.717, 1.165) is 30.9 Å². The molecule has 0 aromatic heterocycles. The van der Waals surface area contributed by atoms with Gasteiger partial charge in [-0.25, -0.2) is 0 Å². The molecule has 2 N–H and O–H groups in total. The van der Waals surface area contributed by atoms with Crippen LogP contribution in [0.25, 0.3) is 0 Å². The minimum absolute atomic E-state index is 0.538. The molecule has 0 saturated carbocycles. The van der Waals surface area contributed by atoms with Crippen LogP contribution in [0.4, 0.5) is 0 Å². The molecule has 1 unspecified atom stereocenters. The van der Waals surface area contributed by atoms with Crippen molar-refractivity contribution in [3.63, 3.8) is 0 Å². The van der Waals surface area contributed by atoms with Gasteiger partial charge in [0.2, 0.25) is 0 Å². The fraction of sp³-hybridized carbons (Fsp3) is 0.333. The van der Waals surface area contributed by atoms with Crippen molar-refractivity contribution in [3.05, 3.63) is 59.7 Å². The number of benzene rings is 2. The fourth-order valence-electron chi connectivity index (χ4n) is 2.75. The predicted octanol–water partition coefficient (Wildman–Crippen LogP) is 2.82. The highest BCUT2D eigenvalue weighted by Crippen LogP contribution is 2.28. The van der Waals surface area contributed by atoms with Gasteiger partial charge in [0.1, 0.15) is 18.1 Å². The van der Waals surface area contributed by atoms with Gasteiger partial charge in [-0.2, -0.15) is 0 Å². The molecule has 0 spiro atoms. The number of fused-ring (bicyclic) bond motifs is 1. The molecule has 1 aliphatic heterocycles. The summed E-state index contributed by atoms with van der Waals surface area (Å²) in [5.74, 6) is 2.46. The van der Waals surface area contributed by atoms with Crippen molar-refractivity contribution in [2.75, 3.05) is 19.8 Å². The Morgan fingerprint density at radius 3 is 2.71 bits per heavy atom. The van der Waals surface area contributed by atoms with E-state index < -0.39 is 0 Å². The zero-order valence-electron chi connectivity index (χ0n) is 12.1. The van der Waals surface area contributed by atoms with Crippen LogP contribution >= 0.6 is 0 Å². The molecule has 0 radical (unpaired) electrons. The van der Waals surface area contributed by atoms with Gasteiger partial charge in [-0.1, -0.05) is 30.3 Å². The lowest BCUT2D eigenvalue weighted by Crippen LogP contribution is -2.22. The molecule has 21 heavy (non-hydrogen) atoms. The van der Waals surface area contributed by atoms with Gasteiger partial charge in [0, 0.05) is 12.5 Å². The molecular weight excluding hydrogens is 262 g/mol. The maximum Gasteiger partial charge on any atom is 0.122 e. The lowest BCUT2D eigenvalue weighted by Gasteiger charge is -2.25.